The number of methoxy groups -OCH3 is 1. The molecule has 4 N–H and O–H groups in total. The normalized spacial score (nSPS) is 9.88. The van der Waals surface area contributed by atoms with Crippen molar-refractivity contribution in [2.24, 2.45) is 5.73 Å². The van der Waals surface area contributed by atoms with Gasteiger partial charge >= 0.3 is 5.97 Å². The Balaban J connectivity index is 3.40. The molecule has 0 aliphatic rings. The van der Waals surface area contributed by atoms with Crippen LogP contribution in [0.2, 0.25) is 0 Å². The molecule has 16 heavy (non-hydrogen) atoms. The van der Waals surface area contributed by atoms with E-state index < -0.39 is 23.1 Å². The van der Waals surface area contributed by atoms with Gasteiger partial charge in [-0.1, -0.05) is 0 Å². The highest BCUT2D eigenvalue weighted by molar-refractivity contribution is 6.01. The third kappa shape index (κ3) is 2.12. The molecule has 6 heteroatoms. The largest absolute Gasteiger partial charge is 0.504 e. The van der Waals surface area contributed by atoms with E-state index in [1.54, 1.807) is 0 Å². The van der Waals surface area contributed by atoms with E-state index in [4.69, 9.17) is 15.6 Å². The standard InChI is InChI=1S/C10H11NO5/c1-16-8-3-5(7(12)4-11)2-6(9(8)13)10(14)15/h2-3,13H,4,11H2,1H3,(H,14,15). The van der Waals surface area contributed by atoms with E-state index in [0.29, 0.717) is 0 Å². The molecule has 6 nitrogen and oxygen atoms in total. The Kier molecular flexibility index (Phi) is 3.47. The number of hydrogen-bond donors (Lipinski definition) is 3. The SMILES string of the molecule is COc1cc(C(=O)CN)cc(C(=O)O)c1O. The third-order valence-corrected chi connectivity index (χ3v) is 2.03. The molecule has 0 fully saturated rings. The Bertz CT molecular complexity index is 441. The first-order chi connectivity index (χ1) is 7.51. The fraction of sp³-hybridized carbons (Fsp3) is 0.200. The Labute approximate surface area is 91.3 Å². The summed E-state index contributed by atoms with van der Waals surface area (Å²) in [7, 11) is 1.26. The predicted octanol–water partition coefficient (Wildman–Crippen LogP) is 0.240. The van der Waals surface area contributed by atoms with Crippen molar-refractivity contribution in [1.82, 2.24) is 0 Å². The van der Waals surface area contributed by atoms with Gasteiger partial charge in [0.2, 0.25) is 0 Å². The molecule has 0 bridgehead atoms. The van der Waals surface area contributed by atoms with Crippen LogP contribution in [0.3, 0.4) is 0 Å². The van der Waals surface area contributed by atoms with Crippen LogP contribution < -0.4 is 10.5 Å². The fourth-order valence-corrected chi connectivity index (χ4v) is 1.21. The number of carbonyl (C=O) groups is 2. The van der Waals surface area contributed by atoms with Crippen LogP contribution in [0.4, 0.5) is 0 Å². The van der Waals surface area contributed by atoms with E-state index in [2.05, 4.69) is 0 Å². The maximum atomic E-state index is 11.3. The number of phenols is 1. The van der Waals surface area contributed by atoms with E-state index in [1.165, 1.54) is 13.2 Å². The van der Waals surface area contributed by atoms with Gasteiger partial charge in [-0.25, -0.2) is 4.79 Å². The zero-order valence-corrected chi connectivity index (χ0v) is 8.56. The van der Waals surface area contributed by atoms with Crippen LogP contribution in [0.1, 0.15) is 20.7 Å². The van der Waals surface area contributed by atoms with Gasteiger partial charge in [-0.15, -0.1) is 0 Å². The summed E-state index contributed by atoms with van der Waals surface area (Å²) in [6.07, 6.45) is 0. The highest BCUT2D eigenvalue weighted by Crippen LogP contribution is 2.31. The fourth-order valence-electron chi connectivity index (χ4n) is 1.21. The van der Waals surface area contributed by atoms with E-state index >= 15 is 0 Å². The van der Waals surface area contributed by atoms with Crippen molar-refractivity contribution in [2.75, 3.05) is 13.7 Å². The van der Waals surface area contributed by atoms with Crippen molar-refractivity contribution >= 4 is 11.8 Å². The van der Waals surface area contributed by atoms with Crippen molar-refractivity contribution in [3.63, 3.8) is 0 Å². The van der Waals surface area contributed by atoms with Crippen LogP contribution in [0, 0.1) is 0 Å². The smallest absolute Gasteiger partial charge is 0.339 e. The second-order valence-electron chi connectivity index (χ2n) is 3.01. The van der Waals surface area contributed by atoms with E-state index in [0.717, 1.165) is 6.07 Å². The lowest BCUT2D eigenvalue weighted by Crippen LogP contribution is -2.14. The lowest BCUT2D eigenvalue weighted by atomic mass is 10.1. The molecule has 0 spiro atoms. The Morgan fingerprint density at radius 2 is 2.06 bits per heavy atom. The van der Waals surface area contributed by atoms with Crippen LogP contribution >= 0.6 is 0 Å². The number of aromatic hydroxyl groups is 1. The number of aromatic carboxylic acids is 1. The monoisotopic (exact) mass is 225 g/mol. The topological polar surface area (TPSA) is 110 Å². The molecule has 0 aliphatic carbocycles. The molecule has 0 saturated carbocycles. The summed E-state index contributed by atoms with van der Waals surface area (Å²) in [5.41, 5.74) is 4.86. The number of carboxylic acids is 1. The van der Waals surface area contributed by atoms with Crippen LogP contribution in [-0.4, -0.2) is 35.6 Å². The highest BCUT2D eigenvalue weighted by Gasteiger charge is 2.18. The van der Waals surface area contributed by atoms with Gasteiger partial charge in [0.05, 0.1) is 13.7 Å². The summed E-state index contributed by atoms with van der Waals surface area (Å²) in [5.74, 6) is -2.36. The lowest BCUT2D eigenvalue weighted by molar-refractivity contribution is 0.0693. The molecule has 0 heterocycles. The molecule has 1 aromatic rings. The van der Waals surface area contributed by atoms with Gasteiger partial charge in [0.25, 0.3) is 0 Å². The first-order valence-electron chi connectivity index (χ1n) is 4.38. The number of nitrogens with two attached hydrogens (primary N) is 1. The molecule has 0 amide bonds. The minimum atomic E-state index is -1.34. The average molecular weight is 225 g/mol. The first kappa shape index (κ1) is 12.0. The second-order valence-corrected chi connectivity index (χ2v) is 3.01. The molecule has 86 valence electrons. The molecule has 0 radical (unpaired) electrons. The third-order valence-electron chi connectivity index (χ3n) is 2.03. The molecular formula is C10H11NO5. The average Bonchev–Trinajstić information content (AvgIpc) is 2.27. The van der Waals surface area contributed by atoms with Gasteiger partial charge in [-0.3, -0.25) is 4.79 Å². The summed E-state index contributed by atoms with van der Waals surface area (Å²) in [6.45, 7) is -0.243. The second kappa shape index (κ2) is 4.63. The van der Waals surface area contributed by atoms with Crippen molar-refractivity contribution < 1.29 is 24.5 Å². The minimum absolute atomic E-state index is 0.0725. The number of Topliss-reactive ketones (excluding diaryl/α,β-unsaturated/α-hetero) is 1. The van der Waals surface area contributed by atoms with Crippen molar-refractivity contribution in [3.8, 4) is 11.5 Å². The van der Waals surface area contributed by atoms with Crippen LogP contribution in [0.25, 0.3) is 0 Å². The quantitative estimate of drug-likeness (QED) is 0.633. The van der Waals surface area contributed by atoms with Gasteiger partial charge in [0.15, 0.2) is 17.3 Å². The molecule has 1 rings (SSSR count). The maximum absolute atomic E-state index is 11.3. The minimum Gasteiger partial charge on any atom is -0.504 e. The summed E-state index contributed by atoms with van der Waals surface area (Å²) >= 11 is 0. The van der Waals surface area contributed by atoms with Gasteiger partial charge in [0.1, 0.15) is 5.56 Å². The van der Waals surface area contributed by atoms with Crippen LogP contribution in [0.15, 0.2) is 12.1 Å². The zero-order chi connectivity index (χ0) is 12.3. The number of rotatable bonds is 4. The van der Waals surface area contributed by atoms with Crippen molar-refractivity contribution in [2.45, 2.75) is 0 Å². The molecule has 0 unspecified atom stereocenters. The van der Waals surface area contributed by atoms with Gasteiger partial charge in [-0.05, 0) is 12.1 Å². The molecule has 0 saturated heterocycles. The van der Waals surface area contributed by atoms with Gasteiger partial charge < -0.3 is 20.7 Å². The number of carbonyl (C=O) groups excluding carboxylic acids is 1. The molecule has 0 aliphatic heterocycles. The predicted molar refractivity (Wildman–Crippen MR) is 55.0 cm³/mol. The van der Waals surface area contributed by atoms with Gasteiger partial charge in [-0.2, -0.15) is 0 Å². The molecule has 0 aromatic heterocycles. The van der Waals surface area contributed by atoms with Crippen LogP contribution in [-0.2, 0) is 0 Å². The van der Waals surface area contributed by atoms with Crippen molar-refractivity contribution in [3.05, 3.63) is 23.3 Å². The Hall–Kier alpha value is -2.08. The lowest BCUT2D eigenvalue weighted by Gasteiger charge is -2.08. The summed E-state index contributed by atoms with van der Waals surface area (Å²) in [6, 6.07) is 2.31. The van der Waals surface area contributed by atoms with Crippen LogP contribution in [0.5, 0.6) is 11.5 Å². The van der Waals surface area contributed by atoms with E-state index in [-0.39, 0.29) is 17.9 Å². The number of ether oxygens (including phenoxy) is 1. The zero-order valence-electron chi connectivity index (χ0n) is 8.56. The number of ketones is 1. The Morgan fingerprint density at radius 3 is 2.50 bits per heavy atom. The summed E-state index contributed by atoms with van der Waals surface area (Å²) < 4.78 is 4.76. The Morgan fingerprint density at radius 1 is 1.44 bits per heavy atom. The number of benzene rings is 1. The summed E-state index contributed by atoms with van der Waals surface area (Å²) in [5, 5.41) is 18.3. The molecule has 0 atom stereocenters. The maximum Gasteiger partial charge on any atom is 0.339 e. The number of hydrogen-bond acceptors (Lipinski definition) is 5. The first-order valence-corrected chi connectivity index (χ1v) is 4.38. The van der Waals surface area contributed by atoms with Crippen molar-refractivity contribution in [1.29, 1.82) is 0 Å². The highest BCUT2D eigenvalue weighted by atomic mass is 16.5. The number of carboxylic acid groups (broad SMARTS) is 1. The molecule has 1 aromatic carbocycles. The van der Waals surface area contributed by atoms with Gasteiger partial charge in [0, 0.05) is 5.56 Å². The molecular weight excluding hydrogens is 214 g/mol. The van der Waals surface area contributed by atoms with E-state index in [9.17, 15) is 14.7 Å². The summed E-state index contributed by atoms with van der Waals surface area (Å²) in [4.78, 5) is 22.1. The van der Waals surface area contributed by atoms with E-state index in [1.807, 2.05) is 0 Å².